The van der Waals surface area contributed by atoms with Crippen LogP contribution in [0.25, 0.3) is 0 Å². The summed E-state index contributed by atoms with van der Waals surface area (Å²) in [5.74, 6) is -0.116. The Balaban J connectivity index is 0.00000280. The van der Waals surface area contributed by atoms with Gasteiger partial charge in [-0.2, -0.15) is 13.9 Å². The Morgan fingerprint density at radius 2 is 2.18 bits per heavy atom. The van der Waals surface area contributed by atoms with E-state index in [1.54, 1.807) is 16.9 Å². The van der Waals surface area contributed by atoms with E-state index in [9.17, 15) is 13.6 Å². The standard InChI is InChI=1S/C18H22F2N4O3.ClH/c1-24-10-12(7-23-24)13-8-21-9-14(13)17(25)22-6-11-3-4-15(26-2)16(5-11)27-18(19)20;/h3-5,7,10,13-14,18,21H,6,8-9H2,1-2H3,(H,22,25);1H/t13-,14+;/m1./s1. The van der Waals surface area contributed by atoms with Crippen LogP contribution in [0.3, 0.4) is 0 Å². The highest BCUT2D eigenvalue weighted by atomic mass is 35.5. The van der Waals surface area contributed by atoms with Crippen LogP contribution in [-0.4, -0.2) is 42.5 Å². The van der Waals surface area contributed by atoms with Crippen LogP contribution in [-0.2, 0) is 18.4 Å². The van der Waals surface area contributed by atoms with Crippen LogP contribution >= 0.6 is 12.4 Å². The van der Waals surface area contributed by atoms with Crippen LogP contribution in [0.4, 0.5) is 8.78 Å². The van der Waals surface area contributed by atoms with Gasteiger partial charge in [0.2, 0.25) is 5.91 Å². The monoisotopic (exact) mass is 416 g/mol. The Labute approximate surface area is 167 Å². The van der Waals surface area contributed by atoms with Gasteiger partial charge in [0.15, 0.2) is 11.5 Å². The molecular formula is C18H23ClF2N4O3. The zero-order chi connectivity index (χ0) is 19.4. The molecule has 1 fully saturated rings. The molecule has 0 unspecified atom stereocenters. The van der Waals surface area contributed by atoms with Crippen molar-refractivity contribution in [2.45, 2.75) is 19.1 Å². The lowest BCUT2D eigenvalue weighted by Gasteiger charge is -2.17. The third-order valence-electron chi connectivity index (χ3n) is 4.61. The van der Waals surface area contributed by atoms with Crippen molar-refractivity contribution in [3.63, 3.8) is 0 Å². The van der Waals surface area contributed by atoms with E-state index in [1.165, 1.54) is 19.2 Å². The van der Waals surface area contributed by atoms with E-state index in [4.69, 9.17) is 4.74 Å². The maximum absolute atomic E-state index is 12.6. The molecule has 1 aromatic heterocycles. The van der Waals surface area contributed by atoms with Crippen molar-refractivity contribution in [3.8, 4) is 11.5 Å². The molecule has 1 amide bonds. The van der Waals surface area contributed by atoms with E-state index in [-0.39, 0.29) is 48.2 Å². The average molecular weight is 417 g/mol. The first kappa shape index (κ1) is 21.9. The lowest BCUT2D eigenvalue weighted by molar-refractivity contribution is -0.125. The highest BCUT2D eigenvalue weighted by molar-refractivity contribution is 5.85. The predicted molar refractivity (Wildman–Crippen MR) is 101 cm³/mol. The molecule has 2 atom stereocenters. The third kappa shape index (κ3) is 5.11. The van der Waals surface area contributed by atoms with Crippen molar-refractivity contribution in [3.05, 3.63) is 41.7 Å². The Kier molecular flexibility index (Phi) is 7.59. The minimum Gasteiger partial charge on any atom is -0.493 e. The van der Waals surface area contributed by atoms with Crippen molar-refractivity contribution in [1.82, 2.24) is 20.4 Å². The van der Waals surface area contributed by atoms with Gasteiger partial charge in [-0.1, -0.05) is 6.07 Å². The number of hydrogen-bond donors (Lipinski definition) is 2. The van der Waals surface area contributed by atoms with E-state index in [2.05, 4.69) is 20.5 Å². The van der Waals surface area contributed by atoms with Crippen LogP contribution in [0.5, 0.6) is 11.5 Å². The second-order valence-corrected chi connectivity index (χ2v) is 6.40. The molecule has 1 aliphatic heterocycles. The number of carbonyl (C=O) groups is 1. The maximum atomic E-state index is 12.6. The number of nitrogens with one attached hydrogen (secondary N) is 2. The largest absolute Gasteiger partial charge is 0.493 e. The molecule has 1 saturated heterocycles. The molecule has 0 saturated carbocycles. The fourth-order valence-electron chi connectivity index (χ4n) is 3.28. The quantitative estimate of drug-likeness (QED) is 0.722. The minimum atomic E-state index is -2.95. The van der Waals surface area contributed by atoms with Crippen LogP contribution in [0.2, 0.25) is 0 Å². The van der Waals surface area contributed by atoms with Crippen molar-refractivity contribution in [2.24, 2.45) is 13.0 Å². The molecule has 0 spiro atoms. The van der Waals surface area contributed by atoms with Crippen molar-refractivity contribution in [2.75, 3.05) is 20.2 Å². The summed E-state index contributed by atoms with van der Waals surface area (Å²) in [6.07, 6.45) is 3.69. The molecule has 2 N–H and O–H groups in total. The van der Waals surface area contributed by atoms with Gasteiger partial charge in [-0.05, 0) is 23.3 Å². The summed E-state index contributed by atoms with van der Waals surface area (Å²) in [6.45, 7) is -1.46. The average Bonchev–Trinajstić information content (AvgIpc) is 3.28. The molecule has 1 aromatic carbocycles. The van der Waals surface area contributed by atoms with Gasteiger partial charge in [-0.3, -0.25) is 9.48 Å². The molecule has 28 heavy (non-hydrogen) atoms. The second kappa shape index (κ2) is 9.70. The Hall–Kier alpha value is -2.39. The number of benzene rings is 1. The summed E-state index contributed by atoms with van der Waals surface area (Å²) < 4.78 is 36.3. The predicted octanol–water partition coefficient (Wildman–Crippen LogP) is 2.07. The summed E-state index contributed by atoms with van der Waals surface area (Å²) in [4.78, 5) is 12.6. The SMILES string of the molecule is COc1ccc(CNC(=O)[C@H]2CNC[C@@H]2c2cnn(C)c2)cc1OC(F)F.Cl. The summed E-state index contributed by atoms with van der Waals surface area (Å²) >= 11 is 0. The third-order valence-corrected chi connectivity index (χ3v) is 4.61. The molecule has 0 aliphatic carbocycles. The molecular weight excluding hydrogens is 394 g/mol. The number of carbonyl (C=O) groups excluding carboxylic acids is 1. The summed E-state index contributed by atoms with van der Waals surface area (Å²) in [5, 5.41) is 10.3. The van der Waals surface area contributed by atoms with Gasteiger partial charge in [0.1, 0.15) is 0 Å². The first-order valence-electron chi connectivity index (χ1n) is 8.56. The zero-order valence-electron chi connectivity index (χ0n) is 15.5. The fraction of sp³-hybridized carbons (Fsp3) is 0.444. The van der Waals surface area contributed by atoms with Gasteiger partial charge in [-0.25, -0.2) is 0 Å². The number of ether oxygens (including phenoxy) is 2. The van der Waals surface area contributed by atoms with Gasteiger partial charge in [-0.15, -0.1) is 12.4 Å². The molecule has 7 nitrogen and oxygen atoms in total. The number of rotatable bonds is 7. The number of alkyl halides is 2. The first-order chi connectivity index (χ1) is 13.0. The first-order valence-corrected chi connectivity index (χ1v) is 8.56. The number of amides is 1. The molecule has 154 valence electrons. The van der Waals surface area contributed by atoms with Crippen LogP contribution < -0.4 is 20.1 Å². The number of aromatic nitrogens is 2. The summed E-state index contributed by atoms with van der Waals surface area (Å²) in [7, 11) is 3.21. The summed E-state index contributed by atoms with van der Waals surface area (Å²) in [6, 6.07) is 4.68. The second-order valence-electron chi connectivity index (χ2n) is 6.40. The van der Waals surface area contributed by atoms with Crippen molar-refractivity contribution >= 4 is 18.3 Å². The lowest BCUT2D eigenvalue weighted by Crippen LogP contribution is -2.33. The van der Waals surface area contributed by atoms with Gasteiger partial charge in [0.05, 0.1) is 19.2 Å². The topological polar surface area (TPSA) is 77.4 Å². The molecule has 3 rings (SSSR count). The van der Waals surface area contributed by atoms with E-state index in [1.807, 2.05) is 13.2 Å². The Morgan fingerprint density at radius 1 is 1.39 bits per heavy atom. The molecule has 0 radical (unpaired) electrons. The molecule has 0 bridgehead atoms. The molecule has 10 heteroatoms. The van der Waals surface area contributed by atoms with Crippen LogP contribution in [0, 0.1) is 5.92 Å². The van der Waals surface area contributed by atoms with E-state index in [0.717, 1.165) is 5.56 Å². The minimum absolute atomic E-state index is 0. The van der Waals surface area contributed by atoms with E-state index in [0.29, 0.717) is 18.7 Å². The van der Waals surface area contributed by atoms with E-state index < -0.39 is 6.61 Å². The molecule has 1 aliphatic rings. The molecule has 2 heterocycles. The fourth-order valence-corrected chi connectivity index (χ4v) is 3.28. The van der Waals surface area contributed by atoms with Gasteiger partial charge < -0.3 is 20.1 Å². The van der Waals surface area contributed by atoms with Crippen LogP contribution in [0.1, 0.15) is 17.0 Å². The highest BCUT2D eigenvalue weighted by Crippen LogP contribution is 2.30. The zero-order valence-corrected chi connectivity index (χ0v) is 16.3. The van der Waals surface area contributed by atoms with Crippen molar-refractivity contribution in [1.29, 1.82) is 0 Å². The van der Waals surface area contributed by atoms with Gasteiger partial charge in [0, 0.05) is 38.8 Å². The maximum Gasteiger partial charge on any atom is 0.387 e. The lowest BCUT2D eigenvalue weighted by atomic mass is 9.90. The number of methoxy groups -OCH3 is 1. The molecule has 2 aromatic rings. The Bertz CT molecular complexity index is 803. The number of aryl methyl sites for hydroxylation is 1. The smallest absolute Gasteiger partial charge is 0.387 e. The number of halogens is 3. The number of nitrogens with zero attached hydrogens (tertiary/aromatic N) is 2. The Morgan fingerprint density at radius 3 is 2.82 bits per heavy atom. The number of hydrogen-bond acceptors (Lipinski definition) is 5. The van der Waals surface area contributed by atoms with Crippen molar-refractivity contribution < 1.29 is 23.0 Å². The van der Waals surface area contributed by atoms with Gasteiger partial charge in [0.25, 0.3) is 0 Å². The normalized spacial score (nSPS) is 18.6. The van der Waals surface area contributed by atoms with Crippen LogP contribution in [0.15, 0.2) is 30.6 Å². The highest BCUT2D eigenvalue weighted by Gasteiger charge is 2.34. The van der Waals surface area contributed by atoms with Gasteiger partial charge >= 0.3 is 6.61 Å². The van der Waals surface area contributed by atoms with E-state index >= 15 is 0 Å². The summed E-state index contributed by atoms with van der Waals surface area (Å²) in [5.41, 5.74) is 1.66.